The number of methoxy groups -OCH3 is 2. The lowest BCUT2D eigenvalue weighted by atomic mass is 10.1. The highest BCUT2D eigenvalue weighted by Gasteiger charge is 2.55. The summed E-state index contributed by atoms with van der Waals surface area (Å²) in [6, 6.07) is 9.14. The second-order valence-electron chi connectivity index (χ2n) is 6.84. The van der Waals surface area contributed by atoms with Gasteiger partial charge in [-0.3, -0.25) is 9.59 Å². The predicted molar refractivity (Wildman–Crippen MR) is 103 cm³/mol. The van der Waals surface area contributed by atoms with Crippen LogP contribution in [0.25, 0.3) is 0 Å². The molecule has 0 bridgehead atoms. The maximum Gasteiger partial charge on any atom is 0.263 e. The molecule has 4 rings (SSSR count). The van der Waals surface area contributed by atoms with Crippen molar-refractivity contribution in [3.63, 3.8) is 0 Å². The number of amides is 2. The van der Waals surface area contributed by atoms with E-state index in [4.69, 9.17) is 9.47 Å². The maximum absolute atomic E-state index is 13.2. The second kappa shape index (κ2) is 6.63. The molecule has 0 saturated carbocycles. The van der Waals surface area contributed by atoms with Crippen LogP contribution in [-0.4, -0.2) is 38.1 Å². The minimum Gasteiger partial charge on any atom is -0.493 e. The van der Waals surface area contributed by atoms with Crippen molar-refractivity contribution < 1.29 is 19.1 Å². The topological polar surface area (TPSA) is 83.8 Å². The number of rotatable bonds is 4. The number of imide groups is 1. The molecule has 0 unspecified atom stereocenters. The van der Waals surface area contributed by atoms with Crippen LogP contribution in [0.2, 0.25) is 0 Å². The summed E-state index contributed by atoms with van der Waals surface area (Å²) in [4.78, 5) is 27.3. The van der Waals surface area contributed by atoms with Gasteiger partial charge in [0.2, 0.25) is 0 Å². The Morgan fingerprint density at radius 1 is 0.857 bits per heavy atom. The van der Waals surface area contributed by atoms with Crippen molar-refractivity contribution in [1.29, 1.82) is 0 Å². The summed E-state index contributed by atoms with van der Waals surface area (Å²) >= 11 is 0. The van der Waals surface area contributed by atoms with Crippen LogP contribution in [0.1, 0.15) is 11.1 Å². The standard InChI is InChI=1S/C20H20N4O4/c1-11-7-12(2)9-14(8-11)23-19(25)17-18(20(23)26)24(22-21-17)13-5-6-15(27-3)16(10-13)28-4/h5-10,17-18H,1-4H3/t17-,18-/m1/s1. The SMILES string of the molecule is COc1ccc(N2N=N[C@H]3C(=O)N(c4cc(C)cc(C)c4)C(=O)[C@@H]32)cc1OC. The quantitative estimate of drug-likeness (QED) is 0.762. The van der Waals surface area contributed by atoms with E-state index in [9.17, 15) is 9.59 Å². The zero-order chi connectivity index (χ0) is 20.0. The number of anilines is 2. The van der Waals surface area contributed by atoms with Crippen molar-refractivity contribution in [2.24, 2.45) is 10.3 Å². The molecule has 2 aromatic rings. The number of carbonyl (C=O) groups is 2. The second-order valence-corrected chi connectivity index (χ2v) is 6.84. The van der Waals surface area contributed by atoms with Crippen LogP contribution in [0.3, 0.4) is 0 Å². The number of nitrogens with zero attached hydrogens (tertiary/aromatic N) is 4. The Balaban J connectivity index is 1.70. The number of benzene rings is 2. The number of hydrogen-bond donors (Lipinski definition) is 0. The molecule has 2 amide bonds. The summed E-state index contributed by atoms with van der Waals surface area (Å²) < 4.78 is 10.6. The maximum atomic E-state index is 13.2. The lowest BCUT2D eigenvalue weighted by Gasteiger charge is -2.21. The average molecular weight is 380 g/mol. The molecule has 144 valence electrons. The van der Waals surface area contributed by atoms with Crippen LogP contribution in [0, 0.1) is 13.8 Å². The predicted octanol–water partition coefficient (Wildman–Crippen LogP) is 2.82. The number of carbonyl (C=O) groups excluding carboxylic acids is 2. The lowest BCUT2D eigenvalue weighted by molar-refractivity contribution is -0.121. The molecule has 2 aliphatic rings. The fraction of sp³-hybridized carbons (Fsp3) is 0.300. The van der Waals surface area contributed by atoms with E-state index in [1.807, 2.05) is 32.0 Å². The molecule has 0 aliphatic carbocycles. The van der Waals surface area contributed by atoms with Gasteiger partial charge in [-0.25, -0.2) is 9.91 Å². The number of hydrogen-bond acceptors (Lipinski definition) is 7. The Bertz CT molecular complexity index is 983. The highest BCUT2D eigenvalue weighted by molar-refractivity contribution is 6.26. The first kappa shape index (κ1) is 18.0. The third-order valence-electron chi connectivity index (χ3n) is 4.88. The summed E-state index contributed by atoms with van der Waals surface area (Å²) in [5.41, 5.74) is 3.11. The van der Waals surface area contributed by atoms with Crippen molar-refractivity contribution in [2.45, 2.75) is 25.9 Å². The summed E-state index contributed by atoms with van der Waals surface area (Å²) in [7, 11) is 3.08. The average Bonchev–Trinajstić information content (AvgIpc) is 3.20. The zero-order valence-corrected chi connectivity index (χ0v) is 16.0. The lowest BCUT2D eigenvalue weighted by Crippen LogP contribution is -2.40. The molecular formula is C20H20N4O4. The van der Waals surface area contributed by atoms with Gasteiger partial charge in [0, 0.05) is 6.07 Å². The van der Waals surface area contributed by atoms with Crippen molar-refractivity contribution in [3.05, 3.63) is 47.5 Å². The Kier molecular flexibility index (Phi) is 4.26. The Labute approximate surface area is 162 Å². The zero-order valence-electron chi connectivity index (χ0n) is 16.0. The van der Waals surface area contributed by atoms with Gasteiger partial charge in [-0.2, -0.15) is 5.11 Å². The molecule has 2 heterocycles. The van der Waals surface area contributed by atoms with Gasteiger partial charge in [0.15, 0.2) is 23.6 Å². The van der Waals surface area contributed by atoms with Crippen LogP contribution in [-0.2, 0) is 9.59 Å². The molecule has 8 heteroatoms. The molecule has 1 saturated heterocycles. The van der Waals surface area contributed by atoms with E-state index >= 15 is 0 Å². The number of fused-ring (bicyclic) bond motifs is 1. The van der Waals surface area contributed by atoms with E-state index in [2.05, 4.69) is 10.3 Å². The summed E-state index contributed by atoms with van der Waals surface area (Å²) in [5.74, 6) is 0.345. The first-order valence-electron chi connectivity index (χ1n) is 8.82. The largest absolute Gasteiger partial charge is 0.493 e. The van der Waals surface area contributed by atoms with Gasteiger partial charge in [0.25, 0.3) is 11.8 Å². The van der Waals surface area contributed by atoms with E-state index in [1.165, 1.54) is 17.0 Å². The summed E-state index contributed by atoms with van der Waals surface area (Å²) in [6.45, 7) is 3.86. The molecule has 0 aromatic heterocycles. The molecule has 0 N–H and O–H groups in total. The highest BCUT2D eigenvalue weighted by Crippen LogP contribution is 2.38. The van der Waals surface area contributed by atoms with E-state index in [1.54, 1.807) is 25.3 Å². The molecule has 0 spiro atoms. The van der Waals surface area contributed by atoms with Crippen LogP contribution < -0.4 is 19.4 Å². The molecule has 0 radical (unpaired) electrons. The van der Waals surface area contributed by atoms with Gasteiger partial charge in [0.05, 0.1) is 25.6 Å². The highest BCUT2D eigenvalue weighted by atomic mass is 16.5. The van der Waals surface area contributed by atoms with Gasteiger partial charge in [-0.05, 0) is 49.2 Å². The fourth-order valence-corrected chi connectivity index (χ4v) is 3.67. The molecule has 2 aromatic carbocycles. The van der Waals surface area contributed by atoms with Gasteiger partial charge < -0.3 is 9.47 Å². The van der Waals surface area contributed by atoms with Gasteiger partial charge >= 0.3 is 0 Å². The van der Waals surface area contributed by atoms with Crippen molar-refractivity contribution >= 4 is 23.2 Å². The summed E-state index contributed by atoms with van der Waals surface area (Å²) in [6.07, 6.45) is 0. The Morgan fingerprint density at radius 3 is 2.18 bits per heavy atom. The Morgan fingerprint density at radius 2 is 1.54 bits per heavy atom. The summed E-state index contributed by atoms with van der Waals surface area (Å²) in [5, 5.41) is 9.62. The van der Waals surface area contributed by atoms with E-state index < -0.39 is 12.1 Å². The van der Waals surface area contributed by atoms with E-state index in [0.29, 0.717) is 22.9 Å². The third-order valence-corrected chi connectivity index (χ3v) is 4.88. The number of ether oxygens (including phenoxy) is 2. The van der Waals surface area contributed by atoms with Gasteiger partial charge in [-0.15, -0.1) is 0 Å². The van der Waals surface area contributed by atoms with Crippen molar-refractivity contribution in [3.8, 4) is 11.5 Å². The monoisotopic (exact) mass is 380 g/mol. The van der Waals surface area contributed by atoms with E-state index in [0.717, 1.165) is 11.1 Å². The number of aryl methyl sites for hydroxylation is 2. The normalized spacial score (nSPS) is 20.7. The van der Waals surface area contributed by atoms with Crippen LogP contribution in [0.5, 0.6) is 11.5 Å². The third kappa shape index (κ3) is 2.69. The Hall–Kier alpha value is -3.42. The fourth-order valence-electron chi connectivity index (χ4n) is 3.67. The minimum atomic E-state index is -0.860. The molecular weight excluding hydrogens is 360 g/mol. The van der Waals surface area contributed by atoms with Crippen LogP contribution in [0.4, 0.5) is 11.4 Å². The minimum absolute atomic E-state index is 0.347. The van der Waals surface area contributed by atoms with Crippen LogP contribution >= 0.6 is 0 Å². The first-order valence-corrected chi connectivity index (χ1v) is 8.82. The molecule has 2 atom stereocenters. The smallest absolute Gasteiger partial charge is 0.263 e. The van der Waals surface area contributed by atoms with Gasteiger partial charge in [0.1, 0.15) is 0 Å². The van der Waals surface area contributed by atoms with E-state index in [-0.39, 0.29) is 11.8 Å². The molecule has 2 aliphatic heterocycles. The molecule has 1 fully saturated rings. The van der Waals surface area contributed by atoms with Crippen molar-refractivity contribution in [2.75, 3.05) is 24.1 Å². The van der Waals surface area contributed by atoms with Gasteiger partial charge in [-0.1, -0.05) is 11.3 Å². The first-order chi connectivity index (χ1) is 13.4. The van der Waals surface area contributed by atoms with Crippen molar-refractivity contribution in [1.82, 2.24) is 0 Å². The van der Waals surface area contributed by atoms with Crippen LogP contribution in [0.15, 0.2) is 46.7 Å². The molecule has 28 heavy (non-hydrogen) atoms. The molecule has 8 nitrogen and oxygen atoms in total.